The van der Waals surface area contributed by atoms with E-state index in [1.807, 2.05) is 30.3 Å². The van der Waals surface area contributed by atoms with Crippen molar-refractivity contribution >= 4 is 24.2 Å². The van der Waals surface area contributed by atoms with E-state index in [0.29, 0.717) is 0 Å². The van der Waals surface area contributed by atoms with Gasteiger partial charge in [-0.05, 0) is 18.9 Å². The lowest BCUT2D eigenvalue weighted by molar-refractivity contribution is 0.0431. The van der Waals surface area contributed by atoms with Gasteiger partial charge < -0.3 is 4.74 Å². The van der Waals surface area contributed by atoms with Crippen molar-refractivity contribution in [2.24, 2.45) is 0 Å². The summed E-state index contributed by atoms with van der Waals surface area (Å²) in [7, 11) is -1.95. The molecule has 0 saturated carbocycles. The molecule has 1 heterocycles. The number of benzene rings is 3. The van der Waals surface area contributed by atoms with Gasteiger partial charge in [0, 0.05) is 5.56 Å². The molecule has 3 heteroatoms. The van der Waals surface area contributed by atoms with E-state index in [-0.39, 0.29) is 18.0 Å². The minimum absolute atomic E-state index is 0.117. The molecule has 0 spiro atoms. The third-order valence-electron chi connectivity index (χ3n) is 5.92. The van der Waals surface area contributed by atoms with E-state index < -0.39 is 8.07 Å². The Kier molecular flexibility index (Phi) is 5.56. The molecule has 1 aliphatic heterocycles. The monoisotopic (exact) mass is 386 g/mol. The lowest BCUT2D eigenvalue weighted by Gasteiger charge is -2.31. The van der Waals surface area contributed by atoms with Gasteiger partial charge in [0.1, 0.15) is 14.2 Å². The molecule has 0 N–H and O–H groups in total. The maximum Gasteiger partial charge on any atom is 0.191 e. The number of carbonyl (C=O) groups is 1. The fourth-order valence-electron chi connectivity index (χ4n) is 4.31. The van der Waals surface area contributed by atoms with Crippen molar-refractivity contribution in [2.75, 3.05) is 0 Å². The number of ether oxygens (including phenoxy) is 1. The van der Waals surface area contributed by atoms with Gasteiger partial charge in [0.25, 0.3) is 0 Å². The normalized spacial score (nSPS) is 19.5. The van der Waals surface area contributed by atoms with Crippen LogP contribution >= 0.6 is 0 Å². The first-order valence-electron chi connectivity index (χ1n) is 10.0. The quantitative estimate of drug-likeness (QED) is 0.466. The molecular formula is C25H26O2Si. The minimum Gasteiger partial charge on any atom is -0.367 e. The van der Waals surface area contributed by atoms with Crippen LogP contribution in [0, 0.1) is 0 Å². The molecular weight excluding hydrogens is 360 g/mol. The zero-order chi connectivity index (χ0) is 19.4. The van der Waals surface area contributed by atoms with Gasteiger partial charge in [-0.3, -0.25) is 4.79 Å². The molecule has 2 nitrogen and oxygen atoms in total. The molecule has 1 fully saturated rings. The molecule has 2 atom stereocenters. The van der Waals surface area contributed by atoms with Gasteiger partial charge in [-0.25, -0.2) is 0 Å². The predicted octanol–water partition coefficient (Wildman–Crippen LogP) is 4.31. The maximum absolute atomic E-state index is 12.8. The Balaban J connectivity index is 1.55. The van der Waals surface area contributed by atoms with Crippen LogP contribution in [0.3, 0.4) is 0 Å². The van der Waals surface area contributed by atoms with E-state index in [2.05, 4.69) is 67.2 Å². The highest BCUT2D eigenvalue weighted by molar-refractivity contribution is 7.01. The van der Waals surface area contributed by atoms with Crippen molar-refractivity contribution in [1.29, 1.82) is 0 Å². The van der Waals surface area contributed by atoms with Gasteiger partial charge in [-0.15, -0.1) is 0 Å². The van der Waals surface area contributed by atoms with Gasteiger partial charge in [-0.1, -0.05) is 108 Å². The Morgan fingerprint density at radius 1 is 0.821 bits per heavy atom. The number of ketones is 1. The van der Waals surface area contributed by atoms with E-state index in [9.17, 15) is 4.79 Å². The number of rotatable bonds is 6. The van der Waals surface area contributed by atoms with E-state index >= 15 is 0 Å². The number of hydrogen-bond donors (Lipinski definition) is 0. The van der Waals surface area contributed by atoms with Crippen LogP contribution in [0.4, 0.5) is 0 Å². The Morgan fingerprint density at radius 3 is 1.86 bits per heavy atom. The summed E-state index contributed by atoms with van der Waals surface area (Å²) in [5, 5.41) is 2.84. The molecule has 3 aromatic rings. The first kappa shape index (κ1) is 18.9. The van der Waals surface area contributed by atoms with Gasteiger partial charge in [0.15, 0.2) is 5.78 Å². The summed E-state index contributed by atoms with van der Waals surface area (Å²) in [5.74, 6) is 0.117. The Morgan fingerprint density at radius 2 is 1.32 bits per heavy atom. The van der Waals surface area contributed by atoms with Crippen molar-refractivity contribution in [2.45, 2.75) is 37.6 Å². The molecule has 0 aromatic heterocycles. The van der Waals surface area contributed by atoms with Crippen molar-refractivity contribution in [3.05, 3.63) is 96.6 Å². The topological polar surface area (TPSA) is 26.3 Å². The molecule has 1 saturated heterocycles. The highest BCUT2D eigenvalue weighted by atomic mass is 28.3. The summed E-state index contributed by atoms with van der Waals surface area (Å²) >= 11 is 0. The minimum atomic E-state index is -1.95. The second-order valence-electron chi connectivity index (χ2n) is 7.82. The fraction of sp³-hybridized carbons (Fsp3) is 0.240. The molecule has 0 aliphatic carbocycles. The summed E-state index contributed by atoms with van der Waals surface area (Å²) in [5.41, 5.74) is 0.749. The zero-order valence-corrected chi connectivity index (χ0v) is 17.3. The number of hydrogen-bond acceptors (Lipinski definition) is 2. The average molecular weight is 387 g/mol. The van der Waals surface area contributed by atoms with Crippen LogP contribution in [0.1, 0.15) is 23.2 Å². The van der Waals surface area contributed by atoms with Crippen LogP contribution in [0.25, 0.3) is 0 Å². The van der Waals surface area contributed by atoms with Crippen LogP contribution in [-0.4, -0.2) is 26.1 Å². The van der Waals surface area contributed by atoms with Gasteiger partial charge in [0.2, 0.25) is 0 Å². The Labute approximate surface area is 168 Å². The van der Waals surface area contributed by atoms with Gasteiger partial charge >= 0.3 is 0 Å². The fourth-order valence-corrected chi connectivity index (χ4v) is 8.18. The first-order chi connectivity index (χ1) is 13.7. The predicted molar refractivity (Wildman–Crippen MR) is 117 cm³/mol. The summed E-state index contributed by atoms with van der Waals surface area (Å²) in [6, 6.07) is 32.2. The van der Waals surface area contributed by atoms with Gasteiger partial charge in [0.05, 0.1) is 6.10 Å². The Hall–Kier alpha value is -2.49. The summed E-state index contributed by atoms with van der Waals surface area (Å²) in [6.45, 7) is 2.42. The number of carbonyl (C=O) groups excluding carboxylic acids is 1. The molecule has 3 aromatic carbocycles. The highest BCUT2D eigenvalue weighted by Crippen LogP contribution is 2.29. The third kappa shape index (κ3) is 3.86. The van der Waals surface area contributed by atoms with Crippen LogP contribution in [0.15, 0.2) is 91.0 Å². The largest absolute Gasteiger partial charge is 0.367 e. The van der Waals surface area contributed by atoms with Crippen molar-refractivity contribution < 1.29 is 9.53 Å². The molecule has 142 valence electrons. The number of Topliss-reactive ketones (excluding diaryl/α,β-unsaturated/α-hetero) is 1. The lowest BCUT2D eigenvalue weighted by Crippen LogP contribution is -2.57. The van der Waals surface area contributed by atoms with E-state index in [4.69, 9.17) is 4.74 Å². The van der Waals surface area contributed by atoms with E-state index in [1.165, 1.54) is 10.4 Å². The molecule has 0 amide bonds. The lowest BCUT2D eigenvalue weighted by atomic mass is 10.0. The SMILES string of the molecule is C[Si](C[C@@H]1CC[C@@H](C(=O)c2ccccc2)O1)(c1ccccc1)c1ccccc1. The van der Waals surface area contributed by atoms with Crippen LogP contribution in [0.2, 0.25) is 12.6 Å². The summed E-state index contributed by atoms with van der Waals surface area (Å²) in [6.07, 6.45) is 1.59. The average Bonchev–Trinajstić information content (AvgIpc) is 3.23. The second kappa shape index (κ2) is 8.25. The van der Waals surface area contributed by atoms with E-state index in [0.717, 1.165) is 24.4 Å². The Bertz CT molecular complexity index is 870. The van der Waals surface area contributed by atoms with Crippen molar-refractivity contribution in [3.8, 4) is 0 Å². The maximum atomic E-state index is 12.8. The van der Waals surface area contributed by atoms with Crippen LogP contribution < -0.4 is 10.4 Å². The van der Waals surface area contributed by atoms with Crippen LogP contribution in [-0.2, 0) is 4.74 Å². The zero-order valence-electron chi connectivity index (χ0n) is 16.3. The van der Waals surface area contributed by atoms with E-state index in [1.54, 1.807) is 0 Å². The van der Waals surface area contributed by atoms with Crippen molar-refractivity contribution in [3.63, 3.8) is 0 Å². The molecule has 4 rings (SSSR count). The molecule has 1 aliphatic rings. The molecule has 0 bridgehead atoms. The standard InChI is InChI=1S/C25H26O2Si/c1-28(22-13-7-3-8-14-22,23-15-9-4-10-16-23)19-21-17-18-24(27-21)25(26)20-11-5-2-6-12-20/h2-16,21,24H,17-19H2,1H3/t21-,24-/m0/s1. The second-order valence-corrected chi connectivity index (χ2v) is 12.0. The van der Waals surface area contributed by atoms with Crippen molar-refractivity contribution in [1.82, 2.24) is 0 Å². The summed E-state index contributed by atoms with van der Waals surface area (Å²) < 4.78 is 6.30. The smallest absolute Gasteiger partial charge is 0.191 e. The van der Waals surface area contributed by atoms with Gasteiger partial charge in [-0.2, -0.15) is 0 Å². The molecule has 0 radical (unpaired) electrons. The third-order valence-corrected chi connectivity index (χ3v) is 10.4. The summed E-state index contributed by atoms with van der Waals surface area (Å²) in [4.78, 5) is 12.8. The highest BCUT2D eigenvalue weighted by Gasteiger charge is 2.39. The first-order valence-corrected chi connectivity index (χ1v) is 12.7. The molecule has 0 unspecified atom stereocenters. The van der Waals surface area contributed by atoms with Crippen LogP contribution in [0.5, 0.6) is 0 Å². The molecule has 28 heavy (non-hydrogen) atoms.